The van der Waals surface area contributed by atoms with Crippen molar-refractivity contribution in [1.82, 2.24) is 0 Å². The molecule has 0 radical (unpaired) electrons. The van der Waals surface area contributed by atoms with Gasteiger partial charge in [-0.1, -0.05) is 35.1 Å². The van der Waals surface area contributed by atoms with Crippen LogP contribution in [0.15, 0.2) is 24.3 Å². The molecule has 0 spiro atoms. The fourth-order valence-corrected chi connectivity index (χ4v) is 8.18. The Morgan fingerprint density at radius 2 is 1.44 bits per heavy atom. The predicted octanol–water partition coefficient (Wildman–Crippen LogP) is 10.3. The van der Waals surface area contributed by atoms with E-state index in [-0.39, 0.29) is 25.9 Å². The number of hydrogen-bond acceptors (Lipinski definition) is 3. The first kappa shape index (κ1) is 34.4. The molecule has 0 amide bonds. The van der Waals surface area contributed by atoms with Crippen molar-refractivity contribution >= 4 is 142 Å². The summed E-state index contributed by atoms with van der Waals surface area (Å²) < 4.78 is 19.6. The molecule has 0 N–H and O–H groups in total. The van der Waals surface area contributed by atoms with Crippen LogP contribution >= 0.6 is 136 Å². The molecule has 0 saturated carbocycles. The lowest BCUT2D eigenvalue weighted by Crippen LogP contribution is -2.37. The molecular formula is C25H30I6O3. The number of rotatable bonds is 5. The van der Waals surface area contributed by atoms with Gasteiger partial charge in [0.1, 0.15) is 0 Å². The summed E-state index contributed by atoms with van der Waals surface area (Å²) in [5, 5.41) is 0. The van der Waals surface area contributed by atoms with Gasteiger partial charge in [0.25, 0.3) is 0 Å². The molecular weight excluding hydrogens is 1110 g/mol. The summed E-state index contributed by atoms with van der Waals surface area (Å²) in [6, 6.07) is 8.33. The Morgan fingerprint density at radius 1 is 0.882 bits per heavy atom. The van der Waals surface area contributed by atoms with Crippen LogP contribution in [0.3, 0.4) is 0 Å². The molecule has 2 aromatic carbocycles. The third-order valence-electron chi connectivity index (χ3n) is 5.01. The normalized spacial score (nSPS) is 19.9. The molecule has 9 heteroatoms. The fraction of sp³-hybridized carbons (Fsp3) is 0.480. The van der Waals surface area contributed by atoms with E-state index >= 15 is 0 Å². The zero-order valence-corrected chi connectivity index (χ0v) is 31.6. The van der Waals surface area contributed by atoms with Crippen molar-refractivity contribution < 1.29 is 14.3 Å². The van der Waals surface area contributed by atoms with Crippen molar-refractivity contribution in [3.63, 3.8) is 0 Å². The minimum atomic E-state index is -0.236. The van der Waals surface area contributed by atoms with E-state index in [4.69, 9.17) is 9.47 Å². The Labute approximate surface area is 286 Å². The van der Waals surface area contributed by atoms with E-state index in [2.05, 4.69) is 181 Å². The van der Waals surface area contributed by atoms with Crippen molar-refractivity contribution in [3.8, 4) is 0 Å². The van der Waals surface area contributed by atoms with Gasteiger partial charge in [-0.2, -0.15) is 0 Å². The van der Waals surface area contributed by atoms with E-state index in [1.54, 1.807) is 0 Å². The molecule has 1 saturated heterocycles. The monoisotopic (exact) mass is 1140 g/mol. The molecule has 3 unspecified atom stereocenters. The minimum absolute atomic E-state index is 0. The van der Waals surface area contributed by atoms with Gasteiger partial charge < -0.3 is 9.47 Å². The summed E-state index contributed by atoms with van der Waals surface area (Å²) in [6.07, 6.45) is 3.32. The van der Waals surface area contributed by atoms with Crippen LogP contribution in [-0.4, -0.2) is 18.5 Å². The highest BCUT2D eigenvalue weighted by atomic mass is 127. The SMILES string of the molecule is C.CC(C)CC1CC(C(C)C)OC(c2cc(I)cc(I)c2I)O1.O=Cc1cc(I)cc(I)c1I. The first-order chi connectivity index (χ1) is 15.4. The molecule has 3 nitrogen and oxygen atoms in total. The standard InChI is InChI=1S/C17H23I3O2.C7H3I3O.CH4/c1-9(2)5-12-8-15(10(3)4)22-17(21-12)13-6-11(18)7-14(19)16(13)20;8-5-1-4(3-11)7(10)6(9)2-5;/h6-7,9-10,12,15,17H,5,8H2,1-4H3;1-3H;1H4. The summed E-state index contributed by atoms with van der Waals surface area (Å²) in [5.41, 5.74) is 1.96. The molecule has 3 atom stereocenters. The van der Waals surface area contributed by atoms with E-state index in [0.29, 0.717) is 11.8 Å². The fourth-order valence-electron chi connectivity index (χ4n) is 3.40. The predicted molar refractivity (Wildman–Crippen MR) is 193 cm³/mol. The second-order valence-corrected chi connectivity index (χ2v) is 15.5. The second kappa shape index (κ2) is 16.5. The molecule has 0 bridgehead atoms. The van der Waals surface area contributed by atoms with Crippen LogP contribution in [0, 0.1) is 33.3 Å². The highest BCUT2D eigenvalue weighted by Gasteiger charge is 2.34. The summed E-state index contributed by atoms with van der Waals surface area (Å²) >= 11 is 13.8. The lowest BCUT2D eigenvalue weighted by Gasteiger charge is -2.38. The molecule has 2 aromatic rings. The lowest BCUT2D eigenvalue weighted by atomic mass is 9.94. The molecule has 0 aliphatic carbocycles. The van der Waals surface area contributed by atoms with Crippen molar-refractivity contribution in [2.24, 2.45) is 11.8 Å². The molecule has 34 heavy (non-hydrogen) atoms. The van der Waals surface area contributed by atoms with Crippen LogP contribution in [0.5, 0.6) is 0 Å². The summed E-state index contributed by atoms with van der Waals surface area (Å²) in [7, 11) is 0. The van der Waals surface area contributed by atoms with E-state index in [0.717, 1.165) is 35.4 Å². The molecule has 3 rings (SSSR count). The highest BCUT2D eigenvalue weighted by molar-refractivity contribution is 14.1. The Kier molecular flexibility index (Phi) is 16.7. The average Bonchev–Trinajstić information content (AvgIpc) is 2.73. The zero-order valence-electron chi connectivity index (χ0n) is 18.7. The van der Waals surface area contributed by atoms with Crippen molar-refractivity contribution in [1.29, 1.82) is 0 Å². The van der Waals surface area contributed by atoms with Gasteiger partial charge in [0, 0.05) is 39.0 Å². The summed E-state index contributed by atoms with van der Waals surface area (Å²) in [6.45, 7) is 9.00. The maximum atomic E-state index is 10.5. The quantitative estimate of drug-likeness (QED) is 0.170. The van der Waals surface area contributed by atoms with Gasteiger partial charge >= 0.3 is 0 Å². The van der Waals surface area contributed by atoms with Gasteiger partial charge in [0.2, 0.25) is 0 Å². The van der Waals surface area contributed by atoms with Crippen LogP contribution in [0.4, 0.5) is 0 Å². The Balaban J connectivity index is 0.000000407. The van der Waals surface area contributed by atoms with E-state index < -0.39 is 0 Å². The maximum Gasteiger partial charge on any atom is 0.185 e. The van der Waals surface area contributed by atoms with E-state index in [9.17, 15) is 4.79 Å². The van der Waals surface area contributed by atoms with Gasteiger partial charge in [0.15, 0.2) is 12.6 Å². The Bertz CT molecular complexity index is 964. The first-order valence-electron chi connectivity index (χ1n) is 10.5. The average molecular weight is 1140 g/mol. The molecule has 0 aromatic heterocycles. The largest absolute Gasteiger partial charge is 0.345 e. The molecule has 190 valence electrons. The Hall–Kier alpha value is 2.41. The van der Waals surface area contributed by atoms with Crippen molar-refractivity contribution in [2.45, 2.75) is 66.5 Å². The van der Waals surface area contributed by atoms with E-state index in [1.165, 1.54) is 16.3 Å². The van der Waals surface area contributed by atoms with Crippen LogP contribution in [0.25, 0.3) is 0 Å². The number of carbonyl (C=O) groups is 1. The molecule has 1 aliphatic rings. The third kappa shape index (κ3) is 10.5. The maximum absolute atomic E-state index is 10.5. The number of aldehydes is 1. The highest BCUT2D eigenvalue weighted by Crippen LogP contribution is 2.38. The Morgan fingerprint density at radius 3 is 1.97 bits per heavy atom. The topological polar surface area (TPSA) is 35.5 Å². The van der Waals surface area contributed by atoms with Crippen LogP contribution in [0.1, 0.15) is 70.2 Å². The molecule has 1 heterocycles. The van der Waals surface area contributed by atoms with Crippen LogP contribution < -0.4 is 0 Å². The summed E-state index contributed by atoms with van der Waals surface area (Å²) in [5.74, 6) is 1.16. The third-order valence-corrected chi connectivity index (χ3v) is 12.4. The van der Waals surface area contributed by atoms with Crippen LogP contribution in [0.2, 0.25) is 0 Å². The molecule has 1 fully saturated rings. The minimum Gasteiger partial charge on any atom is -0.345 e. The number of ether oxygens (including phenoxy) is 2. The molecule has 1 aliphatic heterocycles. The van der Waals surface area contributed by atoms with Gasteiger partial charge in [0.05, 0.1) is 12.2 Å². The smallest absolute Gasteiger partial charge is 0.185 e. The van der Waals surface area contributed by atoms with Gasteiger partial charge in [-0.15, -0.1) is 0 Å². The summed E-state index contributed by atoms with van der Waals surface area (Å²) in [4.78, 5) is 10.5. The number of carbonyl (C=O) groups excluding carboxylic acids is 1. The van der Waals surface area contributed by atoms with E-state index in [1.807, 2.05) is 6.07 Å². The number of benzene rings is 2. The number of halogens is 6. The van der Waals surface area contributed by atoms with Crippen molar-refractivity contribution in [3.05, 3.63) is 56.8 Å². The number of hydrogen-bond donors (Lipinski definition) is 0. The van der Waals surface area contributed by atoms with Gasteiger partial charge in [-0.3, -0.25) is 4.79 Å². The second-order valence-electron chi connectivity index (χ2n) is 8.57. The first-order valence-corrected chi connectivity index (χ1v) is 16.9. The van der Waals surface area contributed by atoms with Crippen LogP contribution in [-0.2, 0) is 9.47 Å². The van der Waals surface area contributed by atoms with Crippen molar-refractivity contribution in [2.75, 3.05) is 0 Å². The van der Waals surface area contributed by atoms with Gasteiger partial charge in [-0.25, -0.2) is 0 Å². The zero-order chi connectivity index (χ0) is 24.9. The van der Waals surface area contributed by atoms with Gasteiger partial charge in [-0.05, 0) is 178 Å². The lowest BCUT2D eigenvalue weighted by molar-refractivity contribution is -0.258.